The minimum absolute atomic E-state index is 0.130. The van der Waals surface area contributed by atoms with Crippen molar-refractivity contribution in [3.63, 3.8) is 0 Å². The van der Waals surface area contributed by atoms with Crippen LogP contribution in [0, 0.1) is 17.7 Å². The number of anilines is 1. The van der Waals surface area contributed by atoms with Crippen molar-refractivity contribution in [3.05, 3.63) is 30.1 Å². The number of benzene rings is 1. The normalized spacial score (nSPS) is 26.4. The van der Waals surface area contributed by atoms with Crippen LogP contribution in [0.4, 0.5) is 10.1 Å². The van der Waals surface area contributed by atoms with E-state index in [1.807, 2.05) is 12.1 Å². The van der Waals surface area contributed by atoms with E-state index in [-0.39, 0.29) is 5.82 Å². The summed E-state index contributed by atoms with van der Waals surface area (Å²) in [6.07, 6.45) is 1.28. The van der Waals surface area contributed by atoms with E-state index in [1.165, 1.54) is 25.6 Å². The summed E-state index contributed by atoms with van der Waals surface area (Å²) < 4.78 is 13.4. The zero-order chi connectivity index (χ0) is 14.8. The van der Waals surface area contributed by atoms with Crippen LogP contribution in [0.1, 0.15) is 6.42 Å². The number of nitrogens with zero attached hydrogens (tertiary/aromatic N) is 3. The van der Waals surface area contributed by atoms with Gasteiger partial charge in [-0.15, -0.1) is 0 Å². The Morgan fingerprint density at radius 2 is 2.00 bits per heavy atom. The van der Waals surface area contributed by atoms with Gasteiger partial charge in [0.25, 0.3) is 0 Å². The average molecular weight is 291 g/mol. The maximum Gasteiger partial charge on any atom is 0.125 e. The number of rotatable bonds is 4. The van der Waals surface area contributed by atoms with Crippen LogP contribution in [0.5, 0.6) is 0 Å². The minimum atomic E-state index is -0.130. The molecule has 0 bridgehead atoms. The van der Waals surface area contributed by atoms with Gasteiger partial charge in [-0.05, 0) is 57.1 Å². The molecule has 0 aromatic heterocycles. The Morgan fingerprint density at radius 1 is 1.19 bits per heavy atom. The van der Waals surface area contributed by atoms with Gasteiger partial charge in [0.1, 0.15) is 5.82 Å². The van der Waals surface area contributed by atoms with Crippen molar-refractivity contribution in [2.75, 3.05) is 58.3 Å². The fourth-order valence-corrected chi connectivity index (χ4v) is 3.67. The Balaban J connectivity index is 1.58. The quantitative estimate of drug-likeness (QED) is 0.841. The topological polar surface area (TPSA) is 9.72 Å². The molecule has 3 nitrogen and oxygen atoms in total. The largest absolute Gasteiger partial charge is 0.371 e. The number of piperidine rings is 1. The van der Waals surface area contributed by atoms with Crippen molar-refractivity contribution in [1.82, 2.24) is 9.80 Å². The molecular weight excluding hydrogens is 265 g/mol. The molecule has 2 heterocycles. The van der Waals surface area contributed by atoms with Crippen LogP contribution >= 0.6 is 0 Å². The first-order valence-electron chi connectivity index (χ1n) is 7.99. The molecule has 0 unspecified atom stereocenters. The summed E-state index contributed by atoms with van der Waals surface area (Å²) in [5, 5.41) is 0. The van der Waals surface area contributed by atoms with Crippen molar-refractivity contribution in [2.24, 2.45) is 11.8 Å². The van der Waals surface area contributed by atoms with Crippen molar-refractivity contribution in [2.45, 2.75) is 6.42 Å². The summed E-state index contributed by atoms with van der Waals surface area (Å²) >= 11 is 0. The van der Waals surface area contributed by atoms with E-state index in [0.717, 1.165) is 43.7 Å². The number of likely N-dealkylation sites (tertiary alicyclic amines) is 1. The van der Waals surface area contributed by atoms with Gasteiger partial charge in [0, 0.05) is 38.4 Å². The summed E-state index contributed by atoms with van der Waals surface area (Å²) in [7, 11) is 4.27. The number of halogens is 1. The minimum Gasteiger partial charge on any atom is -0.371 e. The summed E-state index contributed by atoms with van der Waals surface area (Å²) in [6, 6.07) is 7.04. The van der Waals surface area contributed by atoms with Gasteiger partial charge < -0.3 is 14.7 Å². The number of fused-ring (bicyclic) bond motifs is 1. The molecule has 2 aliphatic rings. The van der Waals surface area contributed by atoms with Gasteiger partial charge in [-0.2, -0.15) is 0 Å². The molecule has 21 heavy (non-hydrogen) atoms. The van der Waals surface area contributed by atoms with E-state index < -0.39 is 0 Å². The highest BCUT2D eigenvalue weighted by molar-refractivity contribution is 5.47. The maximum absolute atomic E-state index is 13.4. The molecule has 2 aliphatic heterocycles. The van der Waals surface area contributed by atoms with Gasteiger partial charge in [-0.1, -0.05) is 6.07 Å². The zero-order valence-corrected chi connectivity index (χ0v) is 13.1. The second-order valence-electron chi connectivity index (χ2n) is 6.80. The monoisotopic (exact) mass is 291 g/mol. The van der Waals surface area contributed by atoms with Gasteiger partial charge in [0.15, 0.2) is 0 Å². The molecule has 0 aliphatic carbocycles. The van der Waals surface area contributed by atoms with Crippen molar-refractivity contribution < 1.29 is 4.39 Å². The third-order valence-electron chi connectivity index (χ3n) is 4.92. The summed E-state index contributed by atoms with van der Waals surface area (Å²) in [4.78, 5) is 7.21. The summed E-state index contributed by atoms with van der Waals surface area (Å²) in [6.45, 7) is 6.87. The van der Waals surface area contributed by atoms with Crippen molar-refractivity contribution in [3.8, 4) is 0 Å². The van der Waals surface area contributed by atoms with Crippen LogP contribution in [-0.4, -0.2) is 63.2 Å². The molecule has 2 atom stereocenters. The fraction of sp³-hybridized carbons (Fsp3) is 0.647. The highest BCUT2D eigenvalue weighted by Crippen LogP contribution is 2.34. The van der Waals surface area contributed by atoms with Crippen LogP contribution in [0.3, 0.4) is 0 Å². The lowest BCUT2D eigenvalue weighted by atomic mass is 9.89. The first-order valence-corrected chi connectivity index (χ1v) is 7.99. The predicted octanol–water partition coefficient (Wildman–Crippen LogP) is 2.15. The van der Waals surface area contributed by atoms with Gasteiger partial charge in [0.2, 0.25) is 0 Å². The average Bonchev–Trinajstić information content (AvgIpc) is 2.88. The van der Waals surface area contributed by atoms with Crippen molar-refractivity contribution >= 4 is 5.69 Å². The first-order chi connectivity index (χ1) is 10.1. The van der Waals surface area contributed by atoms with E-state index in [1.54, 1.807) is 6.07 Å². The standard InChI is InChI=1S/C17H26FN3/c1-19(2)8-9-20-7-6-14-12-21(13-15(14)11-20)17-5-3-4-16(18)10-17/h3-5,10,14-15H,6-9,11-13H2,1-2H3/t14-,15+/m0/s1. The summed E-state index contributed by atoms with van der Waals surface area (Å²) in [5.74, 6) is 1.39. The van der Waals surface area contributed by atoms with E-state index in [9.17, 15) is 4.39 Å². The van der Waals surface area contributed by atoms with Gasteiger partial charge >= 0.3 is 0 Å². The Kier molecular flexibility index (Phi) is 4.45. The molecule has 0 spiro atoms. The third kappa shape index (κ3) is 3.55. The molecule has 0 amide bonds. The van der Waals surface area contributed by atoms with E-state index in [2.05, 4.69) is 28.8 Å². The van der Waals surface area contributed by atoms with Crippen LogP contribution in [0.25, 0.3) is 0 Å². The lowest BCUT2D eigenvalue weighted by molar-refractivity contribution is 0.139. The molecule has 0 saturated carbocycles. The molecule has 2 fully saturated rings. The van der Waals surface area contributed by atoms with E-state index in [4.69, 9.17) is 0 Å². The molecule has 116 valence electrons. The molecule has 0 radical (unpaired) electrons. The Morgan fingerprint density at radius 3 is 2.76 bits per heavy atom. The maximum atomic E-state index is 13.4. The molecule has 1 aromatic carbocycles. The van der Waals surface area contributed by atoms with Crippen LogP contribution in [0.15, 0.2) is 24.3 Å². The number of hydrogen-bond donors (Lipinski definition) is 0. The lowest BCUT2D eigenvalue weighted by Crippen LogP contribution is -2.42. The van der Waals surface area contributed by atoms with Gasteiger partial charge in [-0.25, -0.2) is 4.39 Å². The molecule has 1 aromatic rings. The second-order valence-corrected chi connectivity index (χ2v) is 6.80. The SMILES string of the molecule is CN(C)CCN1CC[C@H]2CN(c3cccc(F)c3)C[C@H]2C1. The zero-order valence-electron chi connectivity index (χ0n) is 13.1. The van der Waals surface area contributed by atoms with Crippen LogP contribution < -0.4 is 4.90 Å². The van der Waals surface area contributed by atoms with Crippen LogP contribution in [-0.2, 0) is 0 Å². The third-order valence-corrected chi connectivity index (χ3v) is 4.92. The number of likely N-dealkylation sites (N-methyl/N-ethyl adjacent to an activating group) is 1. The molecule has 3 rings (SSSR count). The Bertz CT molecular complexity index is 477. The second kappa shape index (κ2) is 6.32. The smallest absolute Gasteiger partial charge is 0.125 e. The molecular formula is C17H26FN3. The molecule has 0 N–H and O–H groups in total. The van der Waals surface area contributed by atoms with Gasteiger partial charge in [-0.3, -0.25) is 0 Å². The Hall–Kier alpha value is -1.13. The summed E-state index contributed by atoms with van der Waals surface area (Å²) in [5.41, 5.74) is 1.05. The van der Waals surface area contributed by atoms with Gasteiger partial charge in [0.05, 0.1) is 0 Å². The van der Waals surface area contributed by atoms with Crippen LogP contribution in [0.2, 0.25) is 0 Å². The lowest BCUT2D eigenvalue weighted by Gasteiger charge is -2.34. The fourth-order valence-electron chi connectivity index (χ4n) is 3.67. The first kappa shape index (κ1) is 14.8. The predicted molar refractivity (Wildman–Crippen MR) is 85.2 cm³/mol. The molecule has 2 saturated heterocycles. The van der Waals surface area contributed by atoms with Crippen molar-refractivity contribution in [1.29, 1.82) is 0 Å². The number of hydrogen-bond acceptors (Lipinski definition) is 3. The highest BCUT2D eigenvalue weighted by atomic mass is 19.1. The highest BCUT2D eigenvalue weighted by Gasteiger charge is 2.36. The van der Waals surface area contributed by atoms with E-state index >= 15 is 0 Å². The molecule has 4 heteroatoms. The van der Waals surface area contributed by atoms with E-state index in [0.29, 0.717) is 0 Å². The Labute approximate surface area is 127 Å².